The summed E-state index contributed by atoms with van der Waals surface area (Å²) in [5, 5.41) is 10.0. The van der Waals surface area contributed by atoms with Crippen LogP contribution in [0, 0.1) is 5.92 Å². The monoisotopic (exact) mass is 378 g/mol. The van der Waals surface area contributed by atoms with E-state index in [1.54, 1.807) is 7.11 Å². The van der Waals surface area contributed by atoms with Gasteiger partial charge >= 0.3 is 6.03 Å². The van der Waals surface area contributed by atoms with E-state index >= 15 is 0 Å². The second kappa shape index (κ2) is 8.56. The standard InChI is InChI=1S/C16H22N6O3S/c1-9(2)13(14(23)19-15(17)24)26-16-21-20-12(22(16)18)8-10-4-6-11(25-3)7-5-10/h4-7,9,13H,8,18H2,1-3H3,(H3,17,19,23,24)/t13-/m0/s1. The Bertz CT molecular complexity index is 775. The van der Waals surface area contributed by atoms with E-state index in [1.165, 1.54) is 4.68 Å². The van der Waals surface area contributed by atoms with Crippen molar-refractivity contribution in [3.05, 3.63) is 35.7 Å². The van der Waals surface area contributed by atoms with Crippen molar-refractivity contribution in [2.45, 2.75) is 30.7 Å². The van der Waals surface area contributed by atoms with Crippen LogP contribution < -0.4 is 21.6 Å². The molecule has 0 radical (unpaired) electrons. The van der Waals surface area contributed by atoms with Crippen LogP contribution in [0.2, 0.25) is 0 Å². The molecule has 10 heteroatoms. The van der Waals surface area contributed by atoms with Crippen LogP contribution in [0.25, 0.3) is 0 Å². The summed E-state index contributed by atoms with van der Waals surface area (Å²) < 4.78 is 6.48. The maximum atomic E-state index is 12.1. The van der Waals surface area contributed by atoms with Crippen LogP contribution >= 0.6 is 11.8 Å². The van der Waals surface area contributed by atoms with Gasteiger partial charge in [-0.15, -0.1) is 10.2 Å². The number of nitrogens with zero attached hydrogens (tertiary/aromatic N) is 3. The minimum atomic E-state index is -0.893. The molecule has 0 aliphatic heterocycles. The molecule has 9 nitrogen and oxygen atoms in total. The number of carbonyl (C=O) groups excluding carboxylic acids is 2. The molecular formula is C16H22N6O3S. The average Bonchev–Trinajstić information content (AvgIpc) is 2.92. The molecule has 1 aromatic heterocycles. The Hall–Kier alpha value is -2.75. The number of hydrogen-bond acceptors (Lipinski definition) is 7. The molecule has 26 heavy (non-hydrogen) atoms. The first kappa shape index (κ1) is 19.6. The number of nitrogen functional groups attached to an aromatic ring is 1. The lowest BCUT2D eigenvalue weighted by molar-refractivity contribution is -0.120. The van der Waals surface area contributed by atoms with Gasteiger partial charge in [-0.25, -0.2) is 9.47 Å². The quantitative estimate of drug-likeness (QED) is 0.480. The number of thioether (sulfide) groups is 1. The number of ether oxygens (including phenoxy) is 1. The first-order valence-corrected chi connectivity index (χ1v) is 8.79. The molecule has 0 unspecified atom stereocenters. The van der Waals surface area contributed by atoms with Crippen molar-refractivity contribution in [3.8, 4) is 5.75 Å². The van der Waals surface area contributed by atoms with Crippen LogP contribution in [0.1, 0.15) is 25.2 Å². The first-order chi connectivity index (χ1) is 12.3. The van der Waals surface area contributed by atoms with Gasteiger partial charge in [0, 0.05) is 6.42 Å². The maximum absolute atomic E-state index is 12.1. The van der Waals surface area contributed by atoms with Crippen molar-refractivity contribution in [1.82, 2.24) is 20.2 Å². The molecule has 0 fully saturated rings. The predicted octanol–water partition coefficient (Wildman–Crippen LogP) is 0.903. The Morgan fingerprint density at radius 1 is 1.27 bits per heavy atom. The molecule has 2 rings (SSSR count). The van der Waals surface area contributed by atoms with E-state index in [9.17, 15) is 9.59 Å². The smallest absolute Gasteiger partial charge is 0.318 e. The van der Waals surface area contributed by atoms with Gasteiger partial charge in [-0.3, -0.25) is 10.1 Å². The number of primary amides is 1. The topological polar surface area (TPSA) is 138 Å². The van der Waals surface area contributed by atoms with E-state index in [-0.39, 0.29) is 5.92 Å². The lowest BCUT2D eigenvalue weighted by atomic mass is 10.1. The first-order valence-electron chi connectivity index (χ1n) is 7.91. The van der Waals surface area contributed by atoms with E-state index in [1.807, 2.05) is 38.1 Å². The van der Waals surface area contributed by atoms with E-state index in [0.29, 0.717) is 17.4 Å². The van der Waals surface area contributed by atoms with Crippen molar-refractivity contribution in [2.24, 2.45) is 11.7 Å². The number of imide groups is 1. The number of benzene rings is 1. The van der Waals surface area contributed by atoms with Gasteiger partial charge in [-0.2, -0.15) is 0 Å². The minimum Gasteiger partial charge on any atom is -0.497 e. The Morgan fingerprint density at radius 3 is 2.46 bits per heavy atom. The highest BCUT2D eigenvalue weighted by molar-refractivity contribution is 8.00. The third-order valence-electron chi connectivity index (χ3n) is 3.60. The summed E-state index contributed by atoms with van der Waals surface area (Å²) in [7, 11) is 1.61. The summed E-state index contributed by atoms with van der Waals surface area (Å²) in [5.74, 6) is 6.84. The average molecular weight is 378 g/mol. The number of methoxy groups -OCH3 is 1. The Morgan fingerprint density at radius 2 is 1.92 bits per heavy atom. The molecule has 0 saturated heterocycles. The molecule has 1 atom stereocenters. The number of aromatic nitrogens is 3. The summed E-state index contributed by atoms with van der Waals surface area (Å²) >= 11 is 1.14. The number of carbonyl (C=O) groups is 2. The maximum Gasteiger partial charge on any atom is 0.318 e. The van der Waals surface area contributed by atoms with Crippen molar-refractivity contribution in [1.29, 1.82) is 0 Å². The summed E-state index contributed by atoms with van der Waals surface area (Å²) in [5.41, 5.74) is 6.01. The SMILES string of the molecule is COc1ccc(Cc2nnc(S[C@H](C(=O)NC(N)=O)C(C)C)n2N)cc1. The van der Waals surface area contributed by atoms with Gasteiger partial charge in [0.15, 0.2) is 5.82 Å². The molecule has 0 aliphatic carbocycles. The molecular weight excluding hydrogens is 356 g/mol. The molecule has 3 amide bonds. The van der Waals surface area contributed by atoms with Crippen LogP contribution in [0.15, 0.2) is 29.4 Å². The van der Waals surface area contributed by atoms with Crippen LogP contribution in [0.3, 0.4) is 0 Å². The van der Waals surface area contributed by atoms with Gasteiger partial charge in [0.05, 0.1) is 12.4 Å². The summed E-state index contributed by atoms with van der Waals surface area (Å²) in [6.45, 7) is 3.71. The number of rotatable bonds is 7. The summed E-state index contributed by atoms with van der Waals surface area (Å²) in [4.78, 5) is 23.0. The number of amides is 3. The van der Waals surface area contributed by atoms with Gasteiger partial charge in [0.2, 0.25) is 11.1 Å². The largest absolute Gasteiger partial charge is 0.497 e. The van der Waals surface area contributed by atoms with Crippen LogP contribution in [-0.4, -0.2) is 39.2 Å². The third-order valence-corrected chi connectivity index (χ3v) is 5.10. The molecule has 140 valence electrons. The Kier molecular flexibility index (Phi) is 6.45. The fourth-order valence-corrected chi connectivity index (χ4v) is 3.20. The van der Waals surface area contributed by atoms with Crippen LogP contribution in [-0.2, 0) is 11.2 Å². The van der Waals surface area contributed by atoms with Crippen molar-refractivity contribution < 1.29 is 14.3 Å². The van der Waals surface area contributed by atoms with Crippen molar-refractivity contribution in [2.75, 3.05) is 13.0 Å². The number of hydrogen-bond donors (Lipinski definition) is 3. The van der Waals surface area contributed by atoms with E-state index in [4.69, 9.17) is 16.3 Å². The number of nitrogens with one attached hydrogen (secondary N) is 1. The van der Waals surface area contributed by atoms with Crippen molar-refractivity contribution >= 4 is 23.7 Å². The van der Waals surface area contributed by atoms with Crippen LogP contribution in [0.4, 0.5) is 4.79 Å². The summed E-state index contributed by atoms with van der Waals surface area (Å²) in [6.07, 6.45) is 0.480. The lowest BCUT2D eigenvalue weighted by Gasteiger charge is -2.17. The number of urea groups is 1. The third kappa shape index (κ3) is 4.88. The predicted molar refractivity (Wildman–Crippen MR) is 98.2 cm³/mol. The Labute approximate surface area is 155 Å². The van der Waals surface area contributed by atoms with Crippen molar-refractivity contribution in [3.63, 3.8) is 0 Å². The fraction of sp³-hybridized carbons (Fsp3) is 0.375. The number of nitrogens with two attached hydrogens (primary N) is 2. The van der Waals surface area contributed by atoms with Crippen LogP contribution in [0.5, 0.6) is 5.75 Å². The van der Waals surface area contributed by atoms with Gasteiger partial charge in [0.1, 0.15) is 5.75 Å². The highest BCUT2D eigenvalue weighted by Crippen LogP contribution is 2.27. The normalized spacial score (nSPS) is 12.0. The molecule has 0 bridgehead atoms. The van der Waals surface area contributed by atoms with Gasteiger partial charge in [-0.05, 0) is 23.6 Å². The Balaban J connectivity index is 2.13. The second-order valence-electron chi connectivity index (χ2n) is 5.93. The highest BCUT2D eigenvalue weighted by Gasteiger charge is 2.27. The van der Waals surface area contributed by atoms with E-state index in [0.717, 1.165) is 23.1 Å². The minimum absolute atomic E-state index is 0.0684. The molecule has 0 spiro atoms. The fourth-order valence-electron chi connectivity index (χ4n) is 2.23. The molecule has 1 heterocycles. The highest BCUT2D eigenvalue weighted by atomic mass is 32.2. The molecule has 0 aliphatic rings. The summed E-state index contributed by atoms with van der Waals surface area (Å²) in [6, 6.07) is 6.64. The molecule has 5 N–H and O–H groups in total. The zero-order valence-corrected chi connectivity index (χ0v) is 15.6. The van der Waals surface area contributed by atoms with E-state index < -0.39 is 17.2 Å². The van der Waals surface area contributed by atoms with Gasteiger partial charge < -0.3 is 16.3 Å². The van der Waals surface area contributed by atoms with Gasteiger partial charge in [-0.1, -0.05) is 37.7 Å². The molecule has 1 aromatic carbocycles. The lowest BCUT2D eigenvalue weighted by Crippen LogP contribution is -2.42. The zero-order chi connectivity index (χ0) is 19.3. The zero-order valence-electron chi connectivity index (χ0n) is 14.8. The molecule has 2 aromatic rings. The van der Waals surface area contributed by atoms with E-state index in [2.05, 4.69) is 15.5 Å². The molecule has 0 saturated carbocycles. The van der Waals surface area contributed by atoms with Gasteiger partial charge in [0.25, 0.3) is 0 Å². The second-order valence-corrected chi connectivity index (χ2v) is 7.04.